The lowest BCUT2D eigenvalue weighted by Crippen LogP contribution is -2.20. The smallest absolute Gasteiger partial charge is 0.153 e. The number of hydrogen-bond acceptors (Lipinski definition) is 4. The first-order chi connectivity index (χ1) is 11.9. The van der Waals surface area contributed by atoms with Gasteiger partial charge in [0.1, 0.15) is 17.3 Å². The second kappa shape index (κ2) is 7.11. The zero-order valence-electron chi connectivity index (χ0n) is 14.2. The van der Waals surface area contributed by atoms with Crippen molar-refractivity contribution in [1.82, 2.24) is 9.97 Å². The van der Waals surface area contributed by atoms with Gasteiger partial charge in [0.25, 0.3) is 0 Å². The van der Waals surface area contributed by atoms with Crippen molar-refractivity contribution in [1.29, 1.82) is 0 Å². The number of thiocarbonyl (C=S) groups is 1. The molecule has 0 saturated carbocycles. The molecule has 0 radical (unpaired) electrons. The molecule has 3 rings (SSSR count). The molecule has 25 heavy (non-hydrogen) atoms. The average Bonchev–Trinajstić information content (AvgIpc) is 2.99. The van der Waals surface area contributed by atoms with E-state index < -0.39 is 0 Å². The first-order valence-electron chi connectivity index (χ1n) is 8.16. The number of fused-ring (bicyclic) bond motifs is 1. The summed E-state index contributed by atoms with van der Waals surface area (Å²) < 4.78 is 5.96. The second-order valence-electron chi connectivity index (χ2n) is 6.24. The van der Waals surface area contributed by atoms with Gasteiger partial charge in [-0.2, -0.15) is 0 Å². The molecule has 0 aliphatic heterocycles. The fraction of sp³-hybridized carbons (Fsp3) is 0.263. The summed E-state index contributed by atoms with van der Waals surface area (Å²) in [5.74, 6) is 1.86. The van der Waals surface area contributed by atoms with E-state index in [4.69, 9.17) is 22.7 Å². The third-order valence-corrected chi connectivity index (χ3v) is 4.54. The third-order valence-electron chi connectivity index (χ3n) is 4.13. The summed E-state index contributed by atoms with van der Waals surface area (Å²) in [7, 11) is 0. The number of imidazole rings is 1. The Bertz CT molecular complexity index is 889. The lowest BCUT2D eigenvalue weighted by Gasteiger charge is -2.14. The van der Waals surface area contributed by atoms with Crippen LogP contribution in [0.2, 0.25) is 0 Å². The van der Waals surface area contributed by atoms with Crippen LogP contribution in [0.5, 0.6) is 11.5 Å². The van der Waals surface area contributed by atoms with Crippen LogP contribution in [0.25, 0.3) is 11.0 Å². The zero-order valence-corrected chi connectivity index (χ0v) is 15.0. The molecule has 5 nitrogen and oxygen atoms in total. The molecule has 0 fully saturated rings. The minimum Gasteiger partial charge on any atom is -0.508 e. The van der Waals surface area contributed by atoms with Crippen LogP contribution in [-0.2, 0) is 6.42 Å². The van der Waals surface area contributed by atoms with E-state index in [1.165, 1.54) is 5.56 Å². The number of rotatable bonds is 6. The molecular weight excluding hydrogens is 334 g/mol. The summed E-state index contributed by atoms with van der Waals surface area (Å²) in [5.41, 5.74) is 8.41. The van der Waals surface area contributed by atoms with Crippen molar-refractivity contribution in [3.63, 3.8) is 0 Å². The van der Waals surface area contributed by atoms with Gasteiger partial charge in [-0.1, -0.05) is 31.3 Å². The number of aromatic amines is 1. The van der Waals surface area contributed by atoms with Gasteiger partial charge in [0.2, 0.25) is 0 Å². The Morgan fingerprint density at radius 1 is 1.24 bits per heavy atom. The highest BCUT2D eigenvalue weighted by molar-refractivity contribution is 7.80. The van der Waals surface area contributed by atoms with Gasteiger partial charge in [-0.15, -0.1) is 0 Å². The average molecular weight is 355 g/mol. The number of nitrogens with one attached hydrogen (secondary N) is 1. The molecule has 3 aromatic rings. The van der Waals surface area contributed by atoms with Crippen LogP contribution in [-0.4, -0.2) is 20.1 Å². The number of benzene rings is 2. The molecule has 2 atom stereocenters. The maximum atomic E-state index is 9.54. The van der Waals surface area contributed by atoms with Crippen LogP contribution in [0.3, 0.4) is 0 Å². The number of ether oxygens (including phenoxy) is 1. The highest BCUT2D eigenvalue weighted by Gasteiger charge is 2.13. The van der Waals surface area contributed by atoms with E-state index in [2.05, 4.69) is 9.97 Å². The Morgan fingerprint density at radius 2 is 1.96 bits per heavy atom. The van der Waals surface area contributed by atoms with Crippen molar-refractivity contribution >= 4 is 28.2 Å². The molecule has 1 aromatic heterocycles. The Labute approximate surface area is 151 Å². The van der Waals surface area contributed by atoms with E-state index >= 15 is 0 Å². The lowest BCUT2D eigenvalue weighted by molar-refractivity contribution is 0.218. The van der Waals surface area contributed by atoms with Crippen LogP contribution >= 0.6 is 12.2 Å². The number of phenolic OH excluding ortho intramolecular Hbond substituents is 1. The summed E-state index contributed by atoms with van der Waals surface area (Å²) in [4.78, 5) is 8.22. The first kappa shape index (κ1) is 17.2. The Hall–Kier alpha value is -2.60. The van der Waals surface area contributed by atoms with Gasteiger partial charge in [0.15, 0.2) is 6.10 Å². The molecule has 1 heterocycles. The second-order valence-corrected chi connectivity index (χ2v) is 6.71. The minimum absolute atomic E-state index is 0.174. The van der Waals surface area contributed by atoms with Crippen molar-refractivity contribution in [2.45, 2.75) is 26.4 Å². The molecule has 6 heteroatoms. The van der Waals surface area contributed by atoms with Crippen molar-refractivity contribution in [2.75, 3.05) is 0 Å². The van der Waals surface area contributed by atoms with Crippen LogP contribution < -0.4 is 10.5 Å². The Kier molecular flexibility index (Phi) is 4.90. The fourth-order valence-electron chi connectivity index (χ4n) is 2.63. The maximum absolute atomic E-state index is 9.54. The van der Waals surface area contributed by atoms with Gasteiger partial charge in [-0.05, 0) is 43.2 Å². The largest absolute Gasteiger partial charge is 0.508 e. The van der Waals surface area contributed by atoms with Crippen LogP contribution in [0.15, 0.2) is 42.5 Å². The van der Waals surface area contributed by atoms with Gasteiger partial charge < -0.3 is 20.6 Å². The summed E-state index contributed by atoms with van der Waals surface area (Å²) in [6.45, 7) is 3.95. The number of nitrogens with two attached hydrogens (primary N) is 1. The SMILES string of the molecule is CC(Cc1ccc(OC(C)c2nc3ccc(O)cc3[nH]2)cc1)C(N)=S. The molecule has 0 bridgehead atoms. The zero-order chi connectivity index (χ0) is 18.0. The third kappa shape index (κ3) is 4.09. The van der Waals surface area contributed by atoms with Gasteiger partial charge >= 0.3 is 0 Å². The Balaban J connectivity index is 1.69. The predicted molar refractivity (Wildman–Crippen MR) is 103 cm³/mol. The van der Waals surface area contributed by atoms with Crippen molar-refractivity contribution in [3.05, 3.63) is 53.9 Å². The molecule has 130 valence electrons. The van der Waals surface area contributed by atoms with Gasteiger partial charge in [0, 0.05) is 12.0 Å². The number of H-pyrrole nitrogens is 1. The predicted octanol–water partition coefficient (Wildman–Crippen LogP) is 3.87. The quantitative estimate of drug-likeness (QED) is 0.585. The summed E-state index contributed by atoms with van der Waals surface area (Å²) in [6, 6.07) is 13.0. The van der Waals surface area contributed by atoms with Crippen molar-refractivity contribution < 1.29 is 9.84 Å². The van der Waals surface area contributed by atoms with E-state index in [0.717, 1.165) is 23.2 Å². The fourth-order valence-corrected chi connectivity index (χ4v) is 2.71. The number of nitrogens with zero attached hydrogens (tertiary/aromatic N) is 1. The molecule has 2 aromatic carbocycles. The standard InChI is InChI=1S/C19H21N3O2S/c1-11(18(20)25)9-13-3-6-15(7-4-13)24-12(2)19-21-16-8-5-14(23)10-17(16)22-19/h3-8,10-12,23H,9H2,1-2H3,(H2,20,25)(H,21,22). The van der Waals surface area contributed by atoms with E-state index in [-0.39, 0.29) is 17.8 Å². The molecule has 0 spiro atoms. The molecule has 0 aliphatic carbocycles. The molecule has 0 saturated heterocycles. The lowest BCUT2D eigenvalue weighted by atomic mass is 10.0. The van der Waals surface area contributed by atoms with Crippen LogP contribution in [0.4, 0.5) is 0 Å². The summed E-state index contributed by atoms with van der Waals surface area (Å²) in [6.07, 6.45) is 0.578. The number of aromatic nitrogens is 2. The van der Waals surface area contributed by atoms with Crippen LogP contribution in [0, 0.1) is 5.92 Å². The molecule has 0 amide bonds. The van der Waals surface area contributed by atoms with E-state index in [1.54, 1.807) is 18.2 Å². The van der Waals surface area contributed by atoms with Gasteiger partial charge in [-0.25, -0.2) is 4.98 Å². The normalized spacial score (nSPS) is 13.5. The van der Waals surface area contributed by atoms with Crippen molar-refractivity contribution in [2.24, 2.45) is 11.7 Å². The molecule has 2 unspecified atom stereocenters. The monoisotopic (exact) mass is 355 g/mol. The highest BCUT2D eigenvalue weighted by atomic mass is 32.1. The number of hydrogen-bond donors (Lipinski definition) is 3. The highest BCUT2D eigenvalue weighted by Crippen LogP contribution is 2.24. The van der Waals surface area contributed by atoms with E-state index in [9.17, 15) is 5.11 Å². The van der Waals surface area contributed by atoms with Gasteiger partial charge in [-0.3, -0.25) is 0 Å². The Morgan fingerprint density at radius 3 is 2.64 bits per heavy atom. The van der Waals surface area contributed by atoms with Crippen molar-refractivity contribution in [3.8, 4) is 11.5 Å². The maximum Gasteiger partial charge on any atom is 0.153 e. The van der Waals surface area contributed by atoms with Gasteiger partial charge in [0.05, 0.1) is 16.0 Å². The molecular formula is C19H21N3O2S. The van der Waals surface area contributed by atoms with Crippen LogP contribution in [0.1, 0.15) is 31.3 Å². The van der Waals surface area contributed by atoms with E-state index in [0.29, 0.717) is 10.8 Å². The first-order valence-corrected chi connectivity index (χ1v) is 8.56. The topological polar surface area (TPSA) is 84.2 Å². The summed E-state index contributed by atoms with van der Waals surface area (Å²) in [5, 5.41) is 9.54. The minimum atomic E-state index is -0.240. The molecule has 4 N–H and O–H groups in total. The molecule has 0 aliphatic rings. The van der Waals surface area contributed by atoms with E-state index in [1.807, 2.05) is 38.1 Å². The number of phenols is 1. The summed E-state index contributed by atoms with van der Waals surface area (Å²) >= 11 is 5.02. The number of aromatic hydroxyl groups is 1.